The molecule has 0 amide bonds. The molecule has 2 heterocycles. The van der Waals surface area contributed by atoms with Gasteiger partial charge in [-0.15, -0.1) is 0 Å². The molecule has 1 aliphatic heterocycles. The highest BCUT2D eigenvalue weighted by molar-refractivity contribution is 5.76. The minimum absolute atomic E-state index is 0.223. The van der Waals surface area contributed by atoms with Crippen molar-refractivity contribution < 1.29 is 9.13 Å². The largest absolute Gasteiger partial charge is 0.366 e. The van der Waals surface area contributed by atoms with Gasteiger partial charge in [0.1, 0.15) is 24.7 Å². The topological polar surface area (TPSA) is 64.9 Å². The third-order valence-electron chi connectivity index (χ3n) is 4.62. The second-order valence-electron chi connectivity index (χ2n) is 6.57. The summed E-state index contributed by atoms with van der Waals surface area (Å²) >= 11 is 0. The lowest BCUT2D eigenvalue weighted by atomic mass is 10.2. The van der Waals surface area contributed by atoms with Crippen LogP contribution >= 0.6 is 0 Å². The molecule has 1 fully saturated rings. The van der Waals surface area contributed by atoms with Gasteiger partial charge >= 0.3 is 0 Å². The van der Waals surface area contributed by atoms with Crippen molar-refractivity contribution in [3.05, 3.63) is 65.5 Å². The first kappa shape index (κ1) is 16.7. The Morgan fingerprint density at radius 1 is 1.23 bits per heavy atom. The van der Waals surface area contributed by atoms with Gasteiger partial charge in [-0.05, 0) is 23.8 Å². The number of rotatable bonds is 5. The normalized spacial score (nSPS) is 20.5. The third-order valence-corrected chi connectivity index (χ3v) is 4.62. The number of aromatic nitrogens is 2. The van der Waals surface area contributed by atoms with Crippen LogP contribution in [0.25, 0.3) is 11.0 Å². The zero-order chi connectivity index (χ0) is 17.9. The molecule has 6 heteroatoms. The molecule has 2 aromatic carbocycles. The number of nitrogens with zero attached hydrogens (tertiary/aromatic N) is 3. The van der Waals surface area contributed by atoms with Crippen molar-refractivity contribution in [2.75, 3.05) is 13.1 Å². The number of ether oxygens (including phenoxy) is 1. The molecule has 4 rings (SSSR count). The summed E-state index contributed by atoms with van der Waals surface area (Å²) in [6, 6.07) is 17.4. The fourth-order valence-electron chi connectivity index (χ4n) is 3.32. The van der Waals surface area contributed by atoms with Crippen LogP contribution in [-0.4, -0.2) is 40.2 Å². The summed E-state index contributed by atoms with van der Waals surface area (Å²) in [7, 11) is 0. The molecule has 0 aliphatic carbocycles. The van der Waals surface area contributed by atoms with E-state index in [1.54, 1.807) is 18.2 Å². The highest BCUT2D eigenvalue weighted by atomic mass is 19.1. The number of nitriles is 1. The number of hydrogen-bond donors (Lipinski definition) is 1. The third kappa shape index (κ3) is 3.59. The van der Waals surface area contributed by atoms with E-state index < -0.39 is 12.3 Å². The number of likely N-dealkylation sites (tertiary alicyclic amines) is 1. The maximum absolute atomic E-state index is 14.3. The van der Waals surface area contributed by atoms with Crippen molar-refractivity contribution in [2.45, 2.75) is 25.4 Å². The molecule has 3 aromatic rings. The van der Waals surface area contributed by atoms with Crippen LogP contribution in [0.3, 0.4) is 0 Å². The van der Waals surface area contributed by atoms with Crippen LogP contribution in [0.15, 0.2) is 48.5 Å². The monoisotopic (exact) mass is 350 g/mol. The molecule has 2 atom stereocenters. The Hall–Kier alpha value is -2.75. The molecule has 26 heavy (non-hydrogen) atoms. The quantitative estimate of drug-likeness (QED) is 0.768. The van der Waals surface area contributed by atoms with Gasteiger partial charge in [0.25, 0.3) is 0 Å². The molecule has 5 nitrogen and oxygen atoms in total. The SMILES string of the molecule is N#Cc1ccc2nc(CO[C@H]3CN(Cc4ccccc4)C[C@H]3F)[nH]c2c1. The van der Waals surface area contributed by atoms with E-state index in [-0.39, 0.29) is 6.61 Å². The Morgan fingerprint density at radius 3 is 2.88 bits per heavy atom. The van der Waals surface area contributed by atoms with Crippen LogP contribution in [0, 0.1) is 11.3 Å². The summed E-state index contributed by atoms with van der Waals surface area (Å²) in [5, 5.41) is 8.96. The fraction of sp³-hybridized carbons (Fsp3) is 0.300. The van der Waals surface area contributed by atoms with E-state index in [2.05, 4.69) is 20.9 Å². The molecule has 0 radical (unpaired) electrons. The predicted octanol–water partition coefficient (Wildman–Crippen LogP) is 3.17. The Balaban J connectivity index is 1.36. The second-order valence-corrected chi connectivity index (χ2v) is 6.57. The number of halogens is 1. The van der Waals surface area contributed by atoms with E-state index in [9.17, 15) is 4.39 Å². The highest BCUT2D eigenvalue weighted by Crippen LogP contribution is 2.21. The van der Waals surface area contributed by atoms with E-state index >= 15 is 0 Å². The zero-order valence-corrected chi connectivity index (χ0v) is 14.2. The fourth-order valence-corrected chi connectivity index (χ4v) is 3.32. The molecular formula is C20H19FN4O. The Labute approximate surface area is 151 Å². The minimum Gasteiger partial charge on any atom is -0.366 e. The summed E-state index contributed by atoms with van der Waals surface area (Å²) in [4.78, 5) is 9.64. The molecular weight excluding hydrogens is 331 g/mol. The average Bonchev–Trinajstić information content (AvgIpc) is 3.22. The Morgan fingerprint density at radius 2 is 2.08 bits per heavy atom. The van der Waals surface area contributed by atoms with Crippen molar-refractivity contribution >= 4 is 11.0 Å². The van der Waals surface area contributed by atoms with E-state index in [4.69, 9.17) is 10.00 Å². The maximum atomic E-state index is 14.3. The molecule has 1 N–H and O–H groups in total. The molecule has 0 spiro atoms. The van der Waals surface area contributed by atoms with Crippen LogP contribution in [-0.2, 0) is 17.9 Å². The van der Waals surface area contributed by atoms with Gasteiger partial charge in [-0.3, -0.25) is 4.90 Å². The number of alkyl halides is 1. The molecule has 1 aromatic heterocycles. The van der Waals surface area contributed by atoms with Crippen molar-refractivity contribution in [2.24, 2.45) is 0 Å². The van der Waals surface area contributed by atoms with Gasteiger partial charge in [-0.1, -0.05) is 30.3 Å². The maximum Gasteiger partial charge on any atom is 0.140 e. The van der Waals surface area contributed by atoms with Gasteiger partial charge in [0, 0.05) is 19.6 Å². The van der Waals surface area contributed by atoms with Crippen LogP contribution in [0.4, 0.5) is 4.39 Å². The van der Waals surface area contributed by atoms with Crippen molar-refractivity contribution in [1.82, 2.24) is 14.9 Å². The molecule has 0 unspecified atom stereocenters. The number of nitrogens with one attached hydrogen (secondary N) is 1. The van der Waals surface area contributed by atoms with Gasteiger partial charge in [0.05, 0.1) is 22.7 Å². The first-order valence-corrected chi connectivity index (χ1v) is 8.62. The molecule has 0 bridgehead atoms. The van der Waals surface area contributed by atoms with Crippen LogP contribution < -0.4 is 0 Å². The van der Waals surface area contributed by atoms with Crippen molar-refractivity contribution in [3.8, 4) is 6.07 Å². The molecule has 132 valence electrons. The molecule has 1 aliphatic rings. The summed E-state index contributed by atoms with van der Waals surface area (Å²) in [6.07, 6.45) is -1.46. The van der Waals surface area contributed by atoms with Crippen molar-refractivity contribution in [1.29, 1.82) is 5.26 Å². The van der Waals surface area contributed by atoms with Gasteiger partial charge in [-0.2, -0.15) is 5.26 Å². The number of H-pyrrole nitrogens is 1. The van der Waals surface area contributed by atoms with E-state index in [0.29, 0.717) is 24.5 Å². The van der Waals surface area contributed by atoms with E-state index in [0.717, 1.165) is 17.6 Å². The molecule has 0 saturated carbocycles. The van der Waals surface area contributed by atoms with E-state index in [1.807, 2.05) is 30.3 Å². The van der Waals surface area contributed by atoms with Crippen LogP contribution in [0.5, 0.6) is 0 Å². The summed E-state index contributed by atoms with van der Waals surface area (Å²) in [6.45, 7) is 1.89. The lowest BCUT2D eigenvalue weighted by Crippen LogP contribution is -2.24. The van der Waals surface area contributed by atoms with Crippen LogP contribution in [0.2, 0.25) is 0 Å². The van der Waals surface area contributed by atoms with E-state index in [1.165, 1.54) is 5.56 Å². The number of fused-ring (bicyclic) bond motifs is 1. The lowest BCUT2D eigenvalue weighted by molar-refractivity contribution is 0.00864. The standard InChI is InChI=1S/C20H19FN4O/c21-16-11-25(10-14-4-2-1-3-5-14)12-19(16)26-13-20-23-17-7-6-15(9-22)8-18(17)24-20/h1-8,16,19H,10-13H2,(H,23,24)/t16-,19+/m1/s1. The first-order valence-electron chi connectivity index (χ1n) is 8.62. The zero-order valence-electron chi connectivity index (χ0n) is 14.2. The summed E-state index contributed by atoms with van der Waals surface area (Å²) < 4.78 is 20.1. The lowest BCUT2D eigenvalue weighted by Gasteiger charge is -2.15. The Kier molecular flexibility index (Phi) is 4.65. The second kappa shape index (κ2) is 7.24. The van der Waals surface area contributed by atoms with Gasteiger partial charge in [0.15, 0.2) is 0 Å². The number of hydrogen-bond acceptors (Lipinski definition) is 4. The molecule has 1 saturated heterocycles. The number of benzene rings is 2. The smallest absolute Gasteiger partial charge is 0.140 e. The number of imidazole rings is 1. The summed E-state index contributed by atoms with van der Waals surface area (Å²) in [5.41, 5.74) is 3.31. The minimum atomic E-state index is -1.01. The van der Waals surface area contributed by atoms with Gasteiger partial charge < -0.3 is 9.72 Å². The Bertz CT molecular complexity index is 934. The number of aromatic amines is 1. The highest BCUT2D eigenvalue weighted by Gasteiger charge is 2.33. The van der Waals surface area contributed by atoms with Gasteiger partial charge in [0.2, 0.25) is 0 Å². The summed E-state index contributed by atoms with van der Waals surface area (Å²) in [5.74, 6) is 0.642. The predicted molar refractivity (Wildman–Crippen MR) is 96.0 cm³/mol. The average molecular weight is 350 g/mol. The van der Waals surface area contributed by atoms with Crippen molar-refractivity contribution in [3.63, 3.8) is 0 Å². The van der Waals surface area contributed by atoms with Crippen LogP contribution in [0.1, 0.15) is 17.0 Å². The van der Waals surface area contributed by atoms with Gasteiger partial charge in [-0.25, -0.2) is 9.37 Å². The first-order chi connectivity index (χ1) is 12.7.